The van der Waals surface area contributed by atoms with E-state index in [-0.39, 0.29) is 5.91 Å². The van der Waals surface area contributed by atoms with Crippen LogP contribution in [-0.4, -0.2) is 54.2 Å². The lowest BCUT2D eigenvalue weighted by molar-refractivity contribution is 0.102. The maximum Gasteiger partial charge on any atom is 0.256 e. The highest BCUT2D eigenvalue weighted by atomic mass is 16.5. The van der Waals surface area contributed by atoms with Gasteiger partial charge >= 0.3 is 0 Å². The van der Waals surface area contributed by atoms with Crippen molar-refractivity contribution < 1.29 is 9.53 Å². The Bertz CT molecular complexity index is 1250. The predicted octanol–water partition coefficient (Wildman–Crippen LogP) is 4.15. The summed E-state index contributed by atoms with van der Waals surface area (Å²) in [6.07, 6.45) is 0. The van der Waals surface area contributed by atoms with E-state index < -0.39 is 0 Å². The minimum absolute atomic E-state index is 0.185. The number of nitrogens with one attached hydrogen (secondary N) is 2. The van der Waals surface area contributed by atoms with Crippen LogP contribution in [0.2, 0.25) is 0 Å². The van der Waals surface area contributed by atoms with Crippen molar-refractivity contribution in [3.05, 3.63) is 83.9 Å². The van der Waals surface area contributed by atoms with Crippen LogP contribution in [0.25, 0.3) is 10.9 Å². The van der Waals surface area contributed by atoms with Gasteiger partial charge in [0.05, 0.1) is 5.52 Å². The highest BCUT2D eigenvalue weighted by Gasteiger charge is 2.17. The highest BCUT2D eigenvalue weighted by Crippen LogP contribution is 2.27. The van der Waals surface area contributed by atoms with E-state index in [9.17, 15) is 4.79 Å². The van der Waals surface area contributed by atoms with Gasteiger partial charge in [-0.3, -0.25) is 9.89 Å². The third kappa shape index (κ3) is 4.83. The number of anilines is 2. The summed E-state index contributed by atoms with van der Waals surface area (Å²) < 4.78 is 5.94. The molecule has 4 aromatic rings. The summed E-state index contributed by atoms with van der Waals surface area (Å²) in [7, 11) is 2.13. The molecule has 2 N–H and O–H groups in total. The molecule has 1 fully saturated rings. The number of rotatable bonds is 6. The normalized spacial score (nSPS) is 14.4. The van der Waals surface area contributed by atoms with Crippen LogP contribution in [0, 0.1) is 0 Å². The van der Waals surface area contributed by atoms with Crippen molar-refractivity contribution in [1.82, 2.24) is 15.1 Å². The number of benzene rings is 3. The molecule has 0 aliphatic carbocycles. The number of aromatic nitrogens is 2. The number of likely N-dealkylation sites (N-methyl/N-ethyl adjacent to an activating group) is 1. The maximum atomic E-state index is 13.0. The van der Waals surface area contributed by atoms with E-state index >= 15 is 0 Å². The summed E-state index contributed by atoms with van der Waals surface area (Å²) in [5, 5.41) is 11.1. The topological polar surface area (TPSA) is 73.5 Å². The average Bonchev–Trinajstić information content (AvgIpc) is 3.26. The maximum absolute atomic E-state index is 13.0. The van der Waals surface area contributed by atoms with Gasteiger partial charge < -0.3 is 19.9 Å². The quantitative estimate of drug-likeness (QED) is 0.470. The van der Waals surface area contributed by atoms with E-state index in [2.05, 4.69) is 38.4 Å². The molecule has 2 heterocycles. The fraction of sp³-hybridized carbons (Fsp3) is 0.231. The van der Waals surface area contributed by atoms with Crippen molar-refractivity contribution in [3.8, 4) is 5.75 Å². The molecule has 0 radical (unpaired) electrons. The zero-order valence-electron chi connectivity index (χ0n) is 18.6. The van der Waals surface area contributed by atoms with Gasteiger partial charge in [-0.1, -0.05) is 36.4 Å². The first-order valence-electron chi connectivity index (χ1n) is 11.2. The van der Waals surface area contributed by atoms with Gasteiger partial charge in [-0.2, -0.15) is 5.10 Å². The summed E-state index contributed by atoms with van der Waals surface area (Å²) in [6.45, 7) is 4.42. The zero-order valence-corrected chi connectivity index (χ0v) is 18.6. The molecule has 1 aliphatic heterocycles. The molecule has 7 heteroatoms. The van der Waals surface area contributed by atoms with Crippen LogP contribution in [0.3, 0.4) is 0 Å². The zero-order chi connectivity index (χ0) is 22.6. The van der Waals surface area contributed by atoms with E-state index in [1.165, 1.54) is 0 Å². The molecule has 0 saturated carbocycles. The molecular weight excluding hydrogens is 414 g/mol. The second-order valence-corrected chi connectivity index (χ2v) is 8.35. The van der Waals surface area contributed by atoms with Crippen LogP contribution >= 0.6 is 0 Å². The number of hydrogen-bond acceptors (Lipinski definition) is 5. The Morgan fingerprint density at radius 3 is 2.64 bits per heavy atom. The predicted molar refractivity (Wildman–Crippen MR) is 131 cm³/mol. The summed E-state index contributed by atoms with van der Waals surface area (Å²) in [6, 6.07) is 23.5. The number of hydrogen-bond donors (Lipinski definition) is 2. The van der Waals surface area contributed by atoms with Crippen LogP contribution in [-0.2, 0) is 6.61 Å². The summed E-state index contributed by atoms with van der Waals surface area (Å²) in [5.74, 6) is 1.03. The monoisotopic (exact) mass is 441 g/mol. The Labute approximate surface area is 193 Å². The number of ether oxygens (including phenoxy) is 1. The molecule has 168 valence electrons. The Balaban J connectivity index is 1.30. The smallest absolute Gasteiger partial charge is 0.256 e. The minimum atomic E-state index is -0.185. The number of H-pyrrole nitrogens is 1. The molecular formula is C26H27N5O2. The number of carbonyl (C=O) groups is 1. The molecule has 0 bridgehead atoms. The van der Waals surface area contributed by atoms with Crippen molar-refractivity contribution in [2.45, 2.75) is 6.61 Å². The third-order valence-electron chi connectivity index (χ3n) is 5.99. The molecule has 1 aromatic heterocycles. The lowest BCUT2D eigenvalue weighted by Gasteiger charge is -2.34. The number of carbonyl (C=O) groups excluding carboxylic acids is 1. The number of nitrogens with zero attached hydrogens (tertiary/aromatic N) is 3. The van der Waals surface area contributed by atoms with Gasteiger partial charge in [-0.15, -0.1) is 0 Å². The van der Waals surface area contributed by atoms with Gasteiger partial charge in [0.15, 0.2) is 5.82 Å². The molecule has 0 unspecified atom stereocenters. The van der Waals surface area contributed by atoms with Crippen LogP contribution in [0.1, 0.15) is 15.9 Å². The lowest BCUT2D eigenvalue weighted by Crippen LogP contribution is -2.44. The fourth-order valence-corrected chi connectivity index (χ4v) is 4.01. The van der Waals surface area contributed by atoms with E-state index in [0.717, 1.165) is 54.1 Å². The molecule has 1 aliphatic rings. The number of fused-ring (bicyclic) bond motifs is 1. The molecule has 3 aromatic carbocycles. The highest BCUT2D eigenvalue weighted by molar-refractivity contribution is 6.08. The van der Waals surface area contributed by atoms with Crippen molar-refractivity contribution in [2.75, 3.05) is 43.4 Å². The summed E-state index contributed by atoms with van der Waals surface area (Å²) >= 11 is 0. The first kappa shape index (κ1) is 21.0. The van der Waals surface area contributed by atoms with Gasteiger partial charge in [0.25, 0.3) is 5.91 Å². The Hall–Kier alpha value is -3.84. The van der Waals surface area contributed by atoms with E-state index in [0.29, 0.717) is 18.0 Å². The molecule has 0 atom stereocenters. The molecule has 1 saturated heterocycles. The fourth-order valence-electron chi connectivity index (χ4n) is 4.01. The molecule has 7 nitrogen and oxygen atoms in total. The van der Waals surface area contributed by atoms with Crippen molar-refractivity contribution >= 4 is 28.3 Å². The van der Waals surface area contributed by atoms with Gasteiger partial charge in [-0.25, -0.2) is 0 Å². The average molecular weight is 442 g/mol. The first-order chi connectivity index (χ1) is 16.2. The Morgan fingerprint density at radius 1 is 1.00 bits per heavy atom. The Morgan fingerprint density at radius 2 is 1.82 bits per heavy atom. The van der Waals surface area contributed by atoms with Crippen molar-refractivity contribution in [2.24, 2.45) is 0 Å². The van der Waals surface area contributed by atoms with Crippen molar-refractivity contribution in [1.29, 1.82) is 0 Å². The number of aromatic amines is 1. The summed E-state index contributed by atoms with van der Waals surface area (Å²) in [5.41, 5.74) is 3.61. The second kappa shape index (κ2) is 9.34. The van der Waals surface area contributed by atoms with Gasteiger partial charge in [0, 0.05) is 42.8 Å². The standard InChI is InChI=1S/C26H27N5O2/c1-30-12-14-31(15-13-30)21-9-5-8-20(16-21)26(32)27-25-23-17-22(10-11-24(23)28-29-25)33-18-19-6-3-2-4-7-19/h2-11,16-17H,12-15,18H2,1H3,(H2,27,28,29,32). The second-order valence-electron chi connectivity index (χ2n) is 8.35. The van der Waals surface area contributed by atoms with E-state index in [1.54, 1.807) is 0 Å². The molecule has 1 amide bonds. The van der Waals surface area contributed by atoms with E-state index in [1.807, 2.05) is 66.7 Å². The van der Waals surface area contributed by atoms with Gasteiger partial charge in [0.1, 0.15) is 12.4 Å². The molecule has 5 rings (SSSR count). The largest absolute Gasteiger partial charge is 0.489 e. The van der Waals surface area contributed by atoms with Crippen LogP contribution in [0.5, 0.6) is 5.75 Å². The van der Waals surface area contributed by atoms with Crippen LogP contribution < -0.4 is 15.0 Å². The first-order valence-corrected chi connectivity index (χ1v) is 11.2. The van der Waals surface area contributed by atoms with Crippen molar-refractivity contribution in [3.63, 3.8) is 0 Å². The molecule has 33 heavy (non-hydrogen) atoms. The van der Waals surface area contributed by atoms with Gasteiger partial charge in [0.2, 0.25) is 0 Å². The van der Waals surface area contributed by atoms with Crippen LogP contribution in [0.4, 0.5) is 11.5 Å². The minimum Gasteiger partial charge on any atom is -0.489 e. The summed E-state index contributed by atoms with van der Waals surface area (Å²) in [4.78, 5) is 17.6. The number of piperazine rings is 1. The lowest BCUT2D eigenvalue weighted by atomic mass is 10.1. The van der Waals surface area contributed by atoms with Crippen LogP contribution in [0.15, 0.2) is 72.8 Å². The van der Waals surface area contributed by atoms with Gasteiger partial charge in [-0.05, 0) is 49.0 Å². The SMILES string of the molecule is CN1CCN(c2cccc(C(=O)Nc3n[nH]c4ccc(OCc5ccccc5)cc34)c2)CC1. The third-order valence-corrected chi connectivity index (χ3v) is 5.99. The number of amides is 1. The molecule has 0 spiro atoms. The Kier molecular flexibility index (Phi) is 5.95. The van der Waals surface area contributed by atoms with E-state index in [4.69, 9.17) is 4.74 Å².